The van der Waals surface area contributed by atoms with E-state index in [9.17, 15) is 18.0 Å². The molecule has 33 heavy (non-hydrogen) atoms. The molecule has 2 aromatic heterocycles. The van der Waals surface area contributed by atoms with Gasteiger partial charge in [-0.1, -0.05) is 6.07 Å². The summed E-state index contributed by atoms with van der Waals surface area (Å²) in [5, 5.41) is 10.5. The molecule has 1 unspecified atom stereocenters. The Morgan fingerprint density at radius 3 is 2.55 bits per heavy atom. The maximum absolute atomic E-state index is 12.5. The fourth-order valence-corrected chi connectivity index (χ4v) is 3.79. The van der Waals surface area contributed by atoms with Gasteiger partial charge in [-0.15, -0.1) is 0 Å². The summed E-state index contributed by atoms with van der Waals surface area (Å²) in [4.78, 5) is 35.9. The molecule has 0 bridgehead atoms. The zero-order chi connectivity index (χ0) is 24.1. The zero-order valence-corrected chi connectivity index (χ0v) is 17.9. The van der Waals surface area contributed by atoms with Crippen LogP contribution in [-0.4, -0.2) is 74.9 Å². The van der Waals surface area contributed by atoms with Gasteiger partial charge in [0.1, 0.15) is 17.1 Å². The first-order valence-corrected chi connectivity index (χ1v) is 10.3. The number of nitrogens with zero attached hydrogens (tertiary/aromatic N) is 4. The van der Waals surface area contributed by atoms with Crippen molar-refractivity contribution in [2.24, 2.45) is 5.92 Å². The summed E-state index contributed by atoms with van der Waals surface area (Å²) in [7, 11) is 0. The van der Waals surface area contributed by atoms with E-state index in [4.69, 9.17) is 14.6 Å². The maximum Gasteiger partial charge on any atom is 0.490 e. The first-order chi connectivity index (χ1) is 15.6. The number of aryl methyl sites for hydroxylation is 1. The molecule has 0 aromatic carbocycles. The van der Waals surface area contributed by atoms with E-state index in [1.807, 2.05) is 30.0 Å². The van der Waals surface area contributed by atoms with Crippen LogP contribution in [0, 0.1) is 12.8 Å². The van der Waals surface area contributed by atoms with Crippen molar-refractivity contribution < 1.29 is 32.6 Å². The fraction of sp³-hybridized carbons (Fsp3) is 0.476. The van der Waals surface area contributed by atoms with Crippen molar-refractivity contribution in [1.82, 2.24) is 19.9 Å². The Hall–Kier alpha value is -3.28. The number of likely N-dealkylation sites (tertiary alicyclic amines) is 1. The number of ether oxygens (including phenoxy) is 1. The van der Waals surface area contributed by atoms with Crippen molar-refractivity contribution in [3.05, 3.63) is 48.2 Å². The highest BCUT2D eigenvalue weighted by atomic mass is 19.4. The Labute approximate surface area is 188 Å². The molecule has 12 heteroatoms. The lowest BCUT2D eigenvalue weighted by molar-refractivity contribution is -0.192. The lowest BCUT2D eigenvalue weighted by Crippen LogP contribution is -2.66. The minimum absolute atomic E-state index is 0.0658. The Balaban J connectivity index is 0.000000383. The van der Waals surface area contributed by atoms with E-state index < -0.39 is 12.1 Å². The van der Waals surface area contributed by atoms with Crippen LogP contribution >= 0.6 is 0 Å². The minimum atomic E-state index is -5.08. The summed E-state index contributed by atoms with van der Waals surface area (Å²) in [5.41, 5.74) is 1.01. The Bertz CT molecular complexity index is 951. The number of carbonyl (C=O) groups excluding carboxylic acids is 1. The number of hydrogen-bond donors (Lipinski definition) is 2. The predicted octanol–water partition coefficient (Wildman–Crippen LogP) is 2.55. The number of alkyl halides is 3. The average molecular weight is 467 g/mol. The molecule has 178 valence electrons. The minimum Gasteiger partial charge on any atom is -0.475 e. The second kappa shape index (κ2) is 10.1. The van der Waals surface area contributed by atoms with Crippen molar-refractivity contribution in [2.75, 3.05) is 31.6 Å². The molecule has 2 aliphatic rings. The smallest absolute Gasteiger partial charge is 0.475 e. The van der Waals surface area contributed by atoms with Crippen molar-refractivity contribution in [1.29, 1.82) is 0 Å². The van der Waals surface area contributed by atoms with E-state index in [-0.39, 0.29) is 11.5 Å². The Morgan fingerprint density at radius 2 is 1.97 bits per heavy atom. The number of nitrogens with one attached hydrogen (secondary N) is 1. The summed E-state index contributed by atoms with van der Waals surface area (Å²) in [6, 6.07) is 5.84. The molecule has 0 aliphatic carbocycles. The summed E-state index contributed by atoms with van der Waals surface area (Å²) >= 11 is 0. The highest BCUT2D eigenvalue weighted by Gasteiger charge is 2.54. The number of anilines is 1. The number of carbonyl (C=O) groups is 2. The topological polar surface area (TPSA) is 118 Å². The van der Waals surface area contributed by atoms with E-state index in [0.29, 0.717) is 24.7 Å². The van der Waals surface area contributed by atoms with E-state index in [1.165, 1.54) is 0 Å². The van der Waals surface area contributed by atoms with Gasteiger partial charge in [-0.3, -0.25) is 9.78 Å². The number of hydrogen-bond acceptors (Lipinski definition) is 7. The predicted molar refractivity (Wildman–Crippen MR) is 110 cm³/mol. The van der Waals surface area contributed by atoms with Crippen LogP contribution in [0.25, 0.3) is 0 Å². The molecular weight excluding hydrogens is 443 g/mol. The summed E-state index contributed by atoms with van der Waals surface area (Å²) < 4.78 is 37.8. The maximum atomic E-state index is 12.5. The molecule has 0 radical (unpaired) electrons. The Morgan fingerprint density at radius 1 is 1.24 bits per heavy atom. The number of pyridine rings is 1. The van der Waals surface area contributed by atoms with Gasteiger partial charge in [0.05, 0.1) is 25.0 Å². The van der Waals surface area contributed by atoms with Gasteiger partial charge in [-0.2, -0.15) is 13.2 Å². The molecular formula is C21H24F3N5O4. The van der Waals surface area contributed by atoms with Crippen LogP contribution in [0.1, 0.15) is 29.0 Å². The summed E-state index contributed by atoms with van der Waals surface area (Å²) in [5.74, 6) is -1.48. The zero-order valence-electron chi connectivity index (χ0n) is 17.9. The van der Waals surface area contributed by atoms with Crippen LogP contribution in [0.2, 0.25) is 0 Å². The standard InChI is InChI=1S/C19H23N5O2.C2HF3O2/c1-14-10-23-16(11-22-14)18(25)24-12-19(13-24)15(6-9-26-19)5-8-21-17-4-2-3-7-20-17;3-2(4,5)1(6)7/h2-4,7,10-11,15H,5-6,8-9,12-13H2,1H3,(H,20,21);(H,6,7). The van der Waals surface area contributed by atoms with E-state index >= 15 is 0 Å². The summed E-state index contributed by atoms with van der Waals surface area (Å²) in [6.45, 7) is 4.74. The van der Waals surface area contributed by atoms with E-state index in [0.717, 1.165) is 37.5 Å². The van der Waals surface area contributed by atoms with Gasteiger partial charge in [-0.05, 0) is 37.8 Å². The Kier molecular flexibility index (Phi) is 7.46. The molecule has 2 fully saturated rings. The third-order valence-electron chi connectivity index (χ3n) is 5.51. The van der Waals surface area contributed by atoms with Crippen LogP contribution in [0.5, 0.6) is 0 Å². The molecule has 1 atom stereocenters. The van der Waals surface area contributed by atoms with Gasteiger partial charge in [0.15, 0.2) is 0 Å². The number of carboxylic acids is 1. The molecule has 2 aromatic rings. The van der Waals surface area contributed by atoms with Crippen LogP contribution in [0.3, 0.4) is 0 Å². The largest absolute Gasteiger partial charge is 0.490 e. The molecule has 0 saturated carbocycles. The van der Waals surface area contributed by atoms with Crippen LogP contribution in [0.4, 0.5) is 19.0 Å². The van der Waals surface area contributed by atoms with Gasteiger partial charge in [-0.25, -0.2) is 14.8 Å². The fourth-order valence-electron chi connectivity index (χ4n) is 3.79. The summed E-state index contributed by atoms with van der Waals surface area (Å²) in [6.07, 6.45) is 1.92. The molecule has 2 saturated heterocycles. The van der Waals surface area contributed by atoms with Gasteiger partial charge >= 0.3 is 12.1 Å². The van der Waals surface area contributed by atoms with Crippen molar-refractivity contribution in [2.45, 2.75) is 31.5 Å². The second-order valence-electron chi connectivity index (χ2n) is 7.84. The van der Waals surface area contributed by atoms with Gasteiger partial charge < -0.3 is 20.1 Å². The van der Waals surface area contributed by atoms with E-state index in [2.05, 4.69) is 20.3 Å². The van der Waals surface area contributed by atoms with Crippen LogP contribution in [-0.2, 0) is 9.53 Å². The van der Waals surface area contributed by atoms with Crippen LogP contribution in [0.15, 0.2) is 36.8 Å². The normalized spacial score (nSPS) is 18.8. The van der Waals surface area contributed by atoms with Gasteiger partial charge in [0.2, 0.25) is 0 Å². The van der Waals surface area contributed by atoms with Crippen molar-refractivity contribution in [3.63, 3.8) is 0 Å². The van der Waals surface area contributed by atoms with Crippen molar-refractivity contribution >= 4 is 17.7 Å². The van der Waals surface area contributed by atoms with E-state index in [1.54, 1.807) is 18.6 Å². The first-order valence-electron chi connectivity index (χ1n) is 10.3. The highest BCUT2D eigenvalue weighted by Crippen LogP contribution is 2.42. The number of amides is 1. The molecule has 1 spiro atoms. The molecule has 1 amide bonds. The molecule has 4 heterocycles. The SMILES string of the molecule is Cc1cnc(C(=O)N2CC3(C2)OCCC3CCNc2ccccn2)cn1.O=C(O)C(F)(F)F. The first kappa shape index (κ1) is 24.4. The highest BCUT2D eigenvalue weighted by molar-refractivity contribution is 5.92. The molecule has 9 nitrogen and oxygen atoms in total. The third-order valence-corrected chi connectivity index (χ3v) is 5.51. The lowest BCUT2D eigenvalue weighted by atomic mass is 9.79. The monoisotopic (exact) mass is 467 g/mol. The molecule has 4 rings (SSSR count). The average Bonchev–Trinajstić information content (AvgIpc) is 3.17. The third kappa shape index (κ3) is 6.15. The van der Waals surface area contributed by atoms with Gasteiger partial charge in [0.25, 0.3) is 5.91 Å². The molecule has 2 aliphatic heterocycles. The second-order valence-corrected chi connectivity index (χ2v) is 7.84. The van der Waals surface area contributed by atoms with Crippen LogP contribution < -0.4 is 5.32 Å². The lowest BCUT2D eigenvalue weighted by Gasteiger charge is -2.50. The number of aliphatic carboxylic acids is 1. The number of rotatable bonds is 5. The molecule has 2 N–H and O–H groups in total. The van der Waals surface area contributed by atoms with Crippen molar-refractivity contribution in [3.8, 4) is 0 Å². The number of aromatic nitrogens is 3. The van der Waals surface area contributed by atoms with Gasteiger partial charge in [0, 0.05) is 25.5 Å². The number of halogens is 3. The quantitative estimate of drug-likeness (QED) is 0.689. The number of carboxylic acid groups (broad SMARTS) is 1.